The lowest BCUT2D eigenvalue weighted by atomic mass is 10.2. The molecule has 1 atom stereocenters. The van der Waals surface area contributed by atoms with E-state index in [1.165, 1.54) is 17.7 Å². The molecule has 0 aliphatic carbocycles. The maximum Gasteiger partial charge on any atom is 0.262 e. The number of carbonyl (C=O) groups excluding carboxylic acids is 1. The van der Waals surface area contributed by atoms with Crippen LogP contribution in [0.25, 0.3) is 10.2 Å². The second-order valence-corrected chi connectivity index (χ2v) is 6.88. The standard InChI is InChI=1S/C17H20N4O3S/c1-9(7-22)21-16(23)14-11(3)13-15(19-8-20-17(13)25-14)18-6-12-5-4-10(2)24-12/h4-5,8-9,22H,6-7H2,1-3H3,(H,21,23)(H,18,19,20)/t9-/m1/s1. The number of hydrogen-bond donors (Lipinski definition) is 3. The second kappa shape index (κ2) is 7.20. The van der Waals surface area contributed by atoms with E-state index in [0.29, 0.717) is 17.2 Å². The van der Waals surface area contributed by atoms with Gasteiger partial charge < -0.3 is 20.2 Å². The topological polar surface area (TPSA) is 100 Å². The average molecular weight is 360 g/mol. The van der Waals surface area contributed by atoms with E-state index >= 15 is 0 Å². The van der Waals surface area contributed by atoms with Gasteiger partial charge in [0.2, 0.25) is 0 Å². The molecule has 1 amide bonds. The lowest BCUT2D eigenvalue weighted by molar-refractivity contribution is 0.0926. The molecule has 0 spiro atoms. The summed E-state index contributed by atoms with van der Waals surface area (Å²) < 4.78 is 5.56. The number of nitrogens with one attached hydrogen (secondary N) is 2. The van der Waals surface area contributed by atoms with Gasteiger partial charge in [-0.2, -0.15) is 0 Å². The van der Waals surface area contributed by atoms with E-state index in [1.54, 1.807) is 6.92 Å². The van der Waals surface area contributed by atoms with Crippen LogP contribution in [0.4, 0.5) is 5.82 Å². The van der Waals surface area contributed by atoms with E-state index < -0.39 is 0 Å². The van der Waals surface area contributed by atoms with Crippen LogP contribution >= 0.6 is 11.3 Å². The van der Waals surface area contributed by atoms with Gasteiger partial charge in [-0.3, -0.25) is 4.79 Å². The Morgan fingerprint density at radius 3 is 2.84 bits per heavy atom. The van der Waals surface area contributed by atoms with Crippen LogP contribution in [0.3, 0.4) is 0 Å². The third-order valence-electron chi connectivity index (χ3n) is 3.81. The summed E-state index contributed by atoms with van der Waals surface area (Å²) >= 11 is 1.32. The summed E-state index contributed by atoms with van der Waals surface area (Å²) in [6.45, 7) is 5.92. The summed E-state index contributed by atoms with van der Waals surface area (Å²) in [6.07, 6.45) is 1.48. The zero-order valence-corrected chi connectivity index (χ0v) is 15.1. The van der Waals surface area contributed by atoms with Crippen LogP contribution in [-0.4, -0.2) is 33.6 Å². The van der Waals surface area contributed by atoms with Gasteiger partial charge in [-0.05, 0) is 38.5 Å². The molecule has 0 aromatic carbocycles. The molecule has 3 aromatic rings. The Morgan fingerprint density at radius 1 is 1.36 bits per heavy atom. The molecule has 0 bridgehead atoms. The van der Waals surface area contributed by atoms with Gasteiger partial charge >= 0.3 is 0 Å². The maximum absolute atomic E-state index is 12.4. The molecule has 25 heavy (non-hydrogen) atoms. The Balaban J connectivity index is 1.88. The molecule has 0 aliphatic heterocycles. The number of rotatable bonds is 6. The van der Waals surface area contributed by atoms with Crippen molar-refractivity contribution in [2.45, 2.75) is 33.4 Å². The van der Waals surface area contributed by atoms with Gasteiger partial charge in [-0.1, -0.05) is 0 Å². The van der Waals surface area contributed by atoms with Crippen molar-refractivity contribution in [3.8, 4) is 0 Å². The van der Waals surface area contributed by atoms with Gasteiger partial charge in [0.1, 0.15) is 28.5 Å². The van der Waals surface area contributed by atoms with E-state index in [1.807, 2.05) is 26.0 Å². The molecule has 3 heterocycles. The first-order valence-electron chi connectivity index (χ1n) is 7.94. The summed E-state index contributed by atoms with van der Waals surface area (Å²) in [5, 5.41) is 16.0. The smallest absolute Gasteiger partial charge is 0.262 e. The van der Waals surface area contributed by atoms with Crippen molar-refractivity contribution in [1.29, 1.82) is 0 Å². The van der Waals surface area contributed by atoms with Crippen molar-refractivity contribution in [2.24, 2.45) is 0 Å². The summed E-state index contributed by atoms with van der Waals surface area (Å²) in [5.41, 5.74) is 0.821. The first kappa shape index (κ1) is 17.4. The highest BCUT2D eigenvalue weighted by atomic mass is 32.1. The number of aryl methyl sites for hydroxylation is 2. The molecule has 8 heteroatoms. The number of hydrogen-bond acceptors (Lipinski definition) is 7. The summed E-state index contributed by atoms with van der Waals surface area (Å²) in [4.78, 5) is 22.3. The predicted octanol–water partition coefficient (Wildman–Crippen LogP) is 2.62. The predicted molar refractivity (Wildman–Crippen MR) is 96.9 cm³/mol. The number of furan rings is 1. The van der Waals surface area contributed by atoms with Crippen LogP contribution < -0.4 is 10.6 Å². The quantitative estimate of drug-likeness (QED) is 0.625. The van der Waals surface area contributed by atoms with Gasteiger partial charge in [0.25, 0.3) is 5.91 Å². The zero-order chi connectivity index (χ0) is 18.0. The van der Waals surface area contributed by atoms with Crippen molar-refractivity contribution in [3.05, 3.63) is 40.4 Å². The SMILES string of the molecule is Cc1ccc(CNc2ncnc3sc(C(=O)N[C@H](C)CO)c(C)c23)o1. The number of aromatic nitrogens is 2. The minimum absolute atomic E-state index is 0.106. The number of thiophene rings is 1. The highest BCUT2D eigenvalue weighted by molar-refractivity contribution is 7.20. The van der Waals surface area contributed by atoms with E-state index in [9.17, 15) is 4.79 Å². The fourth-order valence-electron chi connectivity index (χ4n) is 2.51. The molecule has 0 saturated heterocycles. The van der Waals surface area contributed by atoms with Crippen LogP contribution in [0.1, 0.15) is 33.7 Å². The van der Waals surface area contributed by atoms with E-state index in [4.69, 9.17) is 9.52 Å². The van der Waals surface area contributed by atoms with Crippen LogP contribution in [0, 0.1) is 13.8 Å². The average Bonchev–Trinajstić information content (AvgIpc) is 3.16. The molecule has 0 fully saturated rings. The Morgan fingerprint density at radius 2 is 2.16 bits per heavy atom. The summed E-state index contributed by atoms with van der Waals surface area (Å²) in [6, 6.07) is 3.52. The van der Waals surface area contributed by atoms with Gasteiger partial charge in [-0.15, -0.1) is 11.3 Å². The highest BCUT2D eigenvalue weighted by Crippen LogP contribution is 2.33. The third kappa shape index (κ3) is 3.64. The lowest BCUT2D eigenvalue weighted by Crippen LogP contribution is -2.34. The van der Waals surface area contributed by atoms with Crippen molar-refractivity contribution in [1.82, 2.24) is 15.3 Å². The number of nitrogens with zero attached hydrogens (tertiary/aromatic N) is 2. The number of anilines is 1. The van der Waals surface area contributed by atoms with Gasteiger partial charge in [0.15, 0.2) is 0 Å². The van der Waals surface area contributed by atoms with Gasteiger partial charge in [0.05, 0.1) is 23.4 Å². The van der Waals surface area contributed by atoms with Crippen molar-refractivity contribution in [3.63, 3.8) is 0 Å². The largest absolute Gasteiger partial charge is 0.465 e. The molecule has 132 valence electrons. The van der Waals surface area contributed by atoms with Crippen LogP contribution in [0.5, 0.6) is 0 Å². The molecule has 0 aliphatic rings. The molecule has 0 saturated carbocycles. The maximum atomic E-state index is 12.4. The zero-order valence-electron chi connectivity index (χ0n) is 14.3. The molecule has 3 N–H and O–H groups in total. The number of aliphatic hydroxyl groups excluding tert-OH is 1. The monoisotopic (exact) mass is 360 g/mol. The fourth-order valence-corrected chi connectivity index (χ4v) is 3.56. The first-order chi connectivity index (χ1) is 12.0. The van der Waals surface area contributed by atoms with Crippen LogP contribution in [-0.2, 0) is 6.54 Å². The minimum atomic E-state index is -0.303. The Kier molecular flexibility index (Phi) is 5.00. The molecule has 3 rings (SSSR count). The van der Waals surface area contributed by atoms with Crippen molar-refractivity contribution < 1.29 is 14.3 Å². The molecule has 0 unspecified atom stereocenters. The normalized spacial score (nSPS) is 12.3. The first-order valence-corrected chi connectivity index (χ1v) is 8.76. The summed E-state index contributed by atoms with van der Waals surface area (Å²) in [5.74, 6) is 2.12. The van der Waals surface area contributed by atoms with Crippen LogP contribution in [0.2, 0.25) is 0 Å². The van der Waals surface area contributed by atoms with Crippen molar-refractivity contribution >= 4 is 33.3 Å². The van der Waals surface area contributed by atoms with E-state index in [-0.39, 0.29) is 18.6 Å². The third-order valence-corrected chi connectivity index (χ3v) is 5.01. The Labute approximate surface area is 149 Å². The lowest BCUT2D eigenvalue weighted by Gasteiger charge is -2.10. The minimum Gasteiger partial charge on any atom is -0.465 e. The van der Waals surface area contributed by atoms with Gasteiger partial charge in [-0.25, -0.2) is 9.97 Å². The number of aliphatic hydroxyl groups is 1. The Bertz CT molecular complexity index is 903. The van der Waals surface area contributed by atoms with Crippen molar-refractivity contribution in [2.75, 3.05) is 11.9 Å². The number of fused-ring (bicyclic) bond motifs is 1. The molecule has 0 radical (unpaired) electrons. The summed E-state index contributed by atoms with van der Waals surface area (Å²) in [7, 11) is 0. The molecule has 3 aromatic heterocycles. The van der Waals surface area contributed by atoms with Gasteiger partial charge in [0, 0.05) is 6.04 Å². The highest BCUT2D eigenvalue weighted by Gasteiger charge is 2.20. The molecular weight excluding hydrogens is 340 g/mol. The Hall–Kier alpha value is -2.45. The van der Waals surface area contributed by atoms with E-state index in [0.717, 1.165) is 27.3 Å². The molecule has 7 nitrogen and oxygen atoms in total. The fraction of sp³-hybridized carbons (Fsp3) is 0.353. The number of carbonyl (C=O) groups is 1. The number of amides is 1. The van der Waals surface area contributed by atoms with E-state index in [2.05, 4.69) is 20.6 Å². The second-order valence-electron chi connectivity index (χ2n) is 5.88. The van der Waals surface area contributed by atoms with Crippen LogP contribution in [0.15, 0.2) is 22.9 Å². The molecular formula is C17H20N4O3S.